The van der Waals surface area contributed by atoms with Crippen LogP contribution in [-0.4, -0.2) is 34.7 Å². The van der Waals surface area contributed by atoms with Crippen molar-refractivity contribution in [1.82, 2.24) is 5.32 Å². The maximum atomic E-state index is 11.4. The molecule has 0 bridgehead atoms. The van der Waals surface area contributed by atoms with Crippen molar-refractivity contribution in [2.45, 2.75) is 6.42 Å². The first kappa shape index (κ1) is 14.0. The second-order valence-corrected chi connectivity index (χ2v) is 4.39. The number of aliphatic carboxylic acids is 2. The average Bonchev–Trinajstić information content (AvgIpc) is 2.76. The van der Waals surface area contributed by atoms with Crippen molar-refractivity contribution in [3.8, 4) is 0 Å². The highest BCUT2D eigenvalue weighted by Gasteiger charge is 2.21. The summed E-state index contributed by atoms with van der Waals surface area (Å²) in [5, 5.41) is 24.5. The van der Waals surface area contributed by atoms with Gasteiger partial charge in [0, 0.05) is 6.54 Å². The predicted molar refractivity (Wildman–Crippen MR) is 64.7 cm³/mol. The Morgan fingerprint density at radius 3 is 2.56 bits per heavy atom. The zero-order valence-electron chi connectivity index (χ0n) is 9.25. The van der Waals surface area contributed by atoms with Gasteiger partial charge in [0.1, 0.15) is 0 Å². The SMILES string of the molecule is O=C(O)CC(CNC(=O)Nc1cccs1)C(=O)O. The molecule has 1 aromatic rings. The molecule has 8 heteroatoms. The van der Waals surface area contributed by atoms with Gasteiger partial charge >= 0.3 is 18.0 Å². The molecule has 2 amide bonds. The summed E-state index contributed by atoms with van der Waals surface area (Å²) >= 11 is 1.32. The number of urea groups is 1. The molecule has 1 rings (SSSR count). The summed E-state index contributed by atoms with van der Waals surface area (Å²) in [6, 6.07) is 2.88. The fourth-order valence-corrected chi connectivity index (χ4v) is 1.79. The highest BCUT2D eigenvalue weighted by molar-refractivity contribution is 7.14. The summed E-state index contributed by atoms with van der Waals surface area (Å²) in [5.74, 6) is -3.62. The van der Waals surface area contributed by atoms with Gasteiger partial charge in [0.05, 0.1) is 17.3 Å². The normalized spacial score (nSPS) is 11.6. The quantitative estimate of drug-likeness (QED) is 0.617. The smallest absolute Gasteiger partial charge is 0.319 e. The second kappa shape index (κ2) is 6.60. The molecular formula is C10H12N2O5S. The summed E-state index contributed by atoms with van der Waals surface area (Å²) < 4.78 is 0. The Morgan fingerprint density at radius 2 is 2.06 bits per heavy atom. The average molecular weight is 272 g/mol. The Hall–Kier alpha value is -2.09. The Balaban J connectivity index is 2.39. The lowest BCUT2D eigenvalue weighted by Crippen LogP contribution is -2.36. The number of rotatable bonds is 6. The number of anilines is 1. The van der Waals surface area contributed by atoms with Crippen molar-refractivity contribution >= 4 is 34.3 Å². The zero-order valence-corrected chi connectivity index (χ0v) is 10.1. The van der Waals surface area contributed by atoms with Crippen LogP contribution in [0.2, 0.25) is 0 Å². The van der Waals surface area contributed by atoms with Gasteiger partial charge in [-0.15, -0.1) is 11.3 Å². The predicted octanol–water partition coefficient (Wildman–Crippen LogP) is 1.05. The van der Waals surface area contributed by atoms with Crippen molar-refractivity contribution in [2.24, 2.45) is 5.92 Å². The first-order valence-corrected chi connectivity index (χ1v) is 5.90. The molecule has 0 saturated carbocycles. The maximum Gasteiger partial charge on any atom is 0.319 e. The third-order valence-corrected chi connectivity index (χ3v) is 2.82. The van der Waals surface area contributed by atoms with Crippen LogP contribution in [0.4, 0.5) is 9.80 Å². The molecule has 0 fully saturated rings. The van der Waals surface area contributed by atoms with Crippen LogP contribution in [0, 0.1) is 5.92 Å². The second-order valence-electron chi connectivity index (χ2n) is 3.45. The largest absolute Gasteiger partial charge is 0.481 e. The van der Waals surface area contributed by atoms with Crippen molar-refractivity contribution in [3.05, 3.63) is 17.5 Å². The summed E-state index contributed by atoms with van der Waals surface area (Å²) in [6.45, 7) is -0.237. The van der Waals surface area contributed by atoms with E-state index in [4.69, 9.17) is 10.2 Å². The molecule has 98 valence electrons. The van der Waals surface area contributed by atoms with Gasteiger partial charge in [-0.05, 0) is 17.5 Å². The fraction of sp³-hybridized carbons (Fsp3) is 0.300. The van der Waals surface area contributed by atoms with Crippen molar-refractivity contribution < 1.29 is 24.6 Å². The summed E-state index contributed by atoms with van der Waals surface area (Å²) in [5.41, 5.74) is 0. The number of nitrogens with one attached hydrogen (secondary N) is 2. The topological polar surface area (TPSA) is 116 Å². The van der Waals surface area contributed by atoms with Crippen molar-refractivity contribution in [2.75, 3.05) is 11.9 Å². The number of carboxylic acids is 2. The molecule has 1 unspecified atom stereocenters. The Labute approximate surface area is 106 Å². The Morgan fingerprint density at radius 1 is 1.33 bits per heavy atom. The lowest BCUT2D eigenvalue weighted by atomic mass is 10.1. The number of carboxylic acid groups (broad SMARTS) is 2. The van der Waals surface area contributed by atoms with E-state index < -0.39 is 30.3 Å². The Bertz CT molecular complexity index is 431. The van der Waals surface area contributed by atoms with Crippen LogP contribution in [-0.2, 0) is 9.59 Å². The van der Waals surface area contributed by atoms with Gasteiger partial charge in [0.15, 0.2) is 0 Å². The molecule has 0 aliphatic heterocycles. The van der Waals surface area contributed by atoms with Gasteiger partial charge < -0.3 is 15.5 Å². The molecule has 0 spiro atoms. The van der Waals surface area contributed by atoms with E-state index in [2.05, 4.69) is 10.6 Å². The highest BCUT2D eigenvalue weighted by atomic mass is 32.1. The molecule has 18 heavy (non-hydrogen) atoms. The van der Waals surface area contributed by atoms with Crippen LogP contribution in [0.25, 0.3) is 0 Å². The van der Waals surface area contributed by atoms with Gasteiger partial charge in [-0.25, -0.2) is 4.79 Å². The van der Waals surface area contributed by atoms with E-state index in [1.165, 1.54) is 11.3 Å². The summed E-state index contributed by atoms with van der Waals surface area (Å²) in [7, 11) is 0. The first-order valence-electron chi connectivity index (χ1n) is 5.02. The third-order valence-electron chi connectivity index (χ3n) is 2.04. The minimum atomic E-state index is -1.26. The van der Waals surface area contributed by atoms with Crippen molar-refractivity contribution in [1.29, 1.82) is 0 Å². The van der Waals surface area contributed by atoms with Crippen LogP contribution < -0.4 is 10.6 Å². The van der Waals surface area contributed by atoms with Gasteiger partial charge in [-0.3, -0.25) is 14.9 Å². The van der Waals surface area contributed by atoms with Crippen LogP contribution >= 0.6 is 11.3 Å². The monoisotopic (exact) mass is 272 g/mol. The van der Waals surface area contributed by atoms with Gasteiger partial charge in [-0.1, -0.05) is 0 Å². The lowest BCUT2D eigenvalue weighted by molar-refractivity contribution is -0.148. The molecule has 1 heterocycles. The van der Waals surface area contributed by atoms with E-state index in [0.717, 1.165) is 0 Å². The molecule has 1 aromatic heterocycles. The molecule has 0 saturated heterocycles. The van der Waals surface area contributed by atoms with Gasteiger partial charge in [-0.2, -0.15) is 0 Å². The fourth-order valence-electron chi connectivity index (χ4n) is 1.18. The molecule has 0 radical (unpaired) electrons. The van der Waals surface area contributed by atoms with Crippen molar-refractivity contribution in [3.63, 3.8) is 0 Å². The van der Waals surface area contributed by atoms with Crippen LogP contribution in [0.5, 0.6) is 0 Å². The molecule has 0 aliphatic carbocycles. The van der Waals surface area contributed by atoms with E-state index in [9.17, 15) is 14.4 Å². The zero-order chi connectivity index (χ0) is 13.5. The number of carbonyl (C=O) groups is 3. The lowest BCUT2D eigenvalue weighted by Gasteiger charge is -2.11. The highest BCUT2D eigenvalue weighted by Crippen LogP contribution is 2.14. The van der Waals surface area contributed by atoms with E-state index >= 15 is 0 Å². The van der Waals surface area contributed by atoms with E-state index in [1.807, 2.05) is 0 Å². The minimum absolute atomic E-state index is 0.237. The molecule has 7 nitrogen and oxygen atoms in total. The Kier molecular flexibility index (Phi) is 5.12. The van der Waals surface area contributed by atoms with Gasteiger partial charge in [0.2, 0.25) is 0 Å². The maximum absolute atomic E-state index is 11.4. The number of hydrogen-bond acceptors (Lipinski definition) is 4. The van der Waals surface area contributed by atoms with Crippen LogP contribution in [0.3, 0.4) is 0 Å². The van der Waals surface area contributed by atoms with Crippen LogP contribution in [0.15, 0.2) is 17.5 Å². The standard InChI is InChI=1S/C10H12N2O5S/c13-8(14)4-6(9(15)16)5-11-10(17)12-7-2-1-3-18-7/h1-3,6H,4-5H2,(H,13,14)(H,15,16)(H2,11,12,17). The minimum Gasteiger partial charge on any atom is -0.481 e. The molecule has 1 atom stereocenters. The van der Waals surface area contributed by atoms with E-state index in [1.54, 1.807) is 17.5 Å². The number of amides is 2. The van der Waals surface area contributed by atoms with E-state index in [-0.39, 0.29) is 6.54 Å². The summed E-state index contributed by atoms with van der Waals surface area (Å²) in [4.78, 5) is 32.5. The van der Waals surface area contributed by atoms with E-state index in [0.29, 0.717) is 5.00 Å². The molecule has 4 N–H and O–H groups in total. The summed E-state index contributed by atoms with van der Waals surface area (Å²) in [6.07, 6.45) is -0.533. The van der Waals surface area contributed by atoms with Crippen LogP contribution in [0.1, 0.15) is 6.42 Å². The third kappa shape index (κ3) is 4.83. The number of carbonyl (C=O) groups excluding carboxylic acids is 1. The van der Waals surface area contributed by atoms with Gasteiger partial charge in [0.25, 0.3) is 0 Å². The molecular weight excluding hydrogens is 260 g/mol. The molecule has 0 aromatic carbocycles. The number of thiophene rings is 1. The molecule has 0 aliphatic rings. The number of hydrogen-bond donors (Lipinski definition) is 4. The first-order chi connectivity index (χ1) is 8.49.